The number of thioether (sulfide) groups is 1. The maximum atomic E-state index is 5.90. The molecule has 4 aromatic rings. The lowest BCUT2D eigenvalue weighted by atomic mass is 10.2. The number of anilines is 2. The molecule has 3 heterocycles. The van der Waals surface area contributed by atoms with Crippen LogP contribution < -0.4 is 14.8 Å². The van der Waals surface area contributed by atoms with Crippen LogP contribution >= 0.6 is 23.1 Å². The standard InChI is InChI=1S/C18H14N4O3S2/c1-26-13-7-4-8-14-15(13)19-18(27-14)20-17-22-21-16(25-17)12-9-23-10-5-2-3-6-11(10)24-12/h2-8,12H,9H2,1H3,(H,19,20,22). The van der Waals surface area contributed by atoms with Crippen molar-refractivity contribution in [3.63, 3.8) is 0 Å². The van der Waals surface area contributed by atoms with Crippen molar-refractivity contribution in [3.05, 3.63) is 48.4 Å². The number of hydrogen-bond donors (Lipinski definition) is 1. The van der Waals surface area contributed by atoms with Crippen LogP contribution in [0.25, 0.3) is 10.2 Å². The van der Waals surface area contributed by atoms with Gasteiger partial charge in [-0.05, 0) is 30.5 Å². The Labute approximate surface area is 162 Å². The molecule has 1 N–H and O–H groups in total. The van der Waals surface area contributed by atoms with Gasteiger partial charge in [-0.2, -0.15) is 0 Å². The molecule has 2 aromatic heterocycles. The number of nitrogens with zero attached hydrogens (tertiary/aromatic N) is 3. The Morgan fingerprint density at radius 2 is 2.00 bits per heavy atom. The number of fused-ring (bicyclic) bond motifs is 2. The summed E-state index contributed by atoms with van der Waals surface area (Å²) >= 11 is 3.21. The Kier molecular flexibility index (Phi) is 4.10. The lowest BCUT2D eigenvalue weighted by Gasteiger charge is -2.23. The molecule has 0 saturated carbocycles. The van der Waals surface area contributed by atoms with Gasteiger partial charge < -0.3 is 13.9 Å². The molecule has 5 rings (SSSR count). The first-order chi connectivity index (χ1) is 13.3. The molecule has 1 unspecified atom stereocenters. The van der Waals surface area contributed by atoms with Gasteiger partial charge in [-0.3, -0.25) is 5.32 Å². The molecule has 1 aliphatic heterocycles. The molecule has 1 atom stereocenters. The minimum Gasteiger partial charge on any atom is -0.485 e. The van der Waals surface area contributed by atoms with E-state index in [9.17, 15) is 0 Å². The predicted octanol–water partition coefficient (Wildman–Crippen LogP) is 4.66. The molecule has 1 aliphatic rings. The van der Waals surface area contributed by atoms with Crippen LogP contribution in [0.4, 0.5) is 11.1 Å². The molecule has 136 valence electrons. The van der Waals surface area contributed by atoms with Crippen molar-refractivity contribution < 1.29 is 13.9 Å². The fourth-order valence-corrected chi connectivity index (χ4v) is 4.30. The normalized spacial score (nSPS) is 15.8. The van der Waals surface area contributed by atoms with Gasteiger partial charge in [-0.1, -0.05) is 34.6 Å². The van der Waals surface area contributed by atoms with Crippen LogP contribution in [-0.4, -0.2) is 28.0 Å². The van der Waals surface area contributed by atoms with Crippen LogP contribution in [0.2, 0.25) is 0 Å². The number of benzene rings is 2. The molecule has 0 aliphatic carbocycles. The molecule has 0 fully saturated rings. The summed E-state index contributed by atoms with van der Waals surface area (Å²) in [5.41, 5.74) is 0.970. The third-order valence-electron chi connectivity index (χ3n) is 4.04. The molecule has 0 radical (unpaired) electrons. The highest BCUT2D eigenvalue weighted by molar-refractivity contribution is 7.98. The van der Waals surface area contributed by atoms with E-state index in [1.807, 2.05) is 42.7 Å². The van der Waals surface area contributed by atoms with Crippen molar-refractivity contribution in [2.24, 2.45) is 0 Å². The van der Waals surface area contributed by atoms with Gasteiger partial charge in [0.2, 0.25) is 6.10 Å². The zero-order valence-corrected chi connectivity index (χ0v) is 15.8. The van der Waals surface area contributed by atoms with Gasteiger partial charge in [-0.25, -0.2) is 4.98 Å². The second-order valence-corrected chi connectivity index (χ2v) is 7.64. The van der Waals surface area contributed by atoms with E-state index in [2.05, 4.69) is 26.6 Å². The van der Waals surface area contributed by atoms with Crippen molar-refractivity contribution >= 4 is 44.5 Å². The molecule has 9 heteroatoms. The smallest absolute Gasteiger partial charge is 0.322 e. The first-order valence-corrected chi connectivity index (χ1v) is 10.3. The largest absolute Gasteiger partial charge is 0.485 e. The van der Waals surface area contributed by atoms with Gasteiger partial charge in [0.25, 0.3) is 5.89 Å². The van der Waals surface area contributed by atoms with E-state index in [-0.39, 0.29) is 6.01 Å². The zero-order valence-electron chi connectivity index (χ0n) is 14.2. The zero-order chi connectivity index (χ0) is 18.2. The molecule has 2 aromatic carbocycles. The number of rotatable bonds is 4. The Bertz CT molecular complexity index is 1110. The third-order valence-corrected chi connectivity index (χ3v) is 5.75. The SMILES string of the molecule is CSc1cccc2sc(Nc3nnc(C4COc5ccccc5O4)o3)nc12. The summed E-state index contributed by atoms with van der Waals surface area (Å²) in [6.45, 7) is 0.316. The molecular weight excluding hydrogens is 384 g/mol. The van der Waals surface area contributed by atoms with E-state index in [0.717, 1.165) is 15.1 Å². The summed E-state index contributed by atoms with van der Waals surface area (Å²) in [7, 11) is 0. The van der Waals surface area contributed by atoms with E-state index < -0.39 is 6.10 Å². The fourth-order valence-electron chi connectivity index (χ4n) is 2.79. The maximum absolute atomic E-state index is 5.90. The Balaban J connectivity index is 1.36. The van der Waals surface area contributed by atoms with Crippen LogP contribution in [-0.2, 0) is 0 Å². The van der Waals surface area contributed by atoms with Crippen LogP contribution in [0.1, 0.15) is 12.0 Å². The monoisotopic (exact) mass is 398 g/mol. The van der Waals surface area contributed by atoms with Crippen LogP contribution in [0.5, 0.6) is 11.5 Å². The van der Waals surface area contributed by atoms with Crippen molar-refractivity contribution in [2.75, 3.05) is 18.2 Å². The minimum atomic E-state index is -0.443. The lowest BCUT2D eigenvalue weighted by Crippen LogP contribution is -2.21. The summed E-state index contributed by atoms with van der Waals surface area (Å²) in [6, 6.07) is 13.9. The highest BCUT2D eigenvalue weighted by Gasteiger charge is 2.27. The van der Waals surface area contributed by atoms with E-state index in [4.69, 9.17) is 13.9 Å². The van der Waals surface area contributed by atoms with Crippen LogP contribution in [0.3, 0.4) is 0 Å². The first-order valence-electron chi connectivity index (χ1n) is 8.22. The van der Waals surface area contributed by atoms with E-state index >= 15 is 0 Å². The number of thiazole rings is 1. The van der Waals surface area contributed by atoms with E-state index in [0.29, 0.717) is 29.1 Å². The minimum absolute atomic E-state index is 0.275. The molecule has 0 amide bonds. The highest BCUT2D eigenvalue weighted by atomic mass is 32.2. The number of ether oxygens (including phenoxy) is 2. The summed E-state index contributed by atoms with van der Waals surface area (Å²) in [6.07, 6.45) is 1.59. The van der Waals surface area contributed by atoms with Crippen molar-refractivity contribution in [3.8, 4) is 11.5 Å². The second kappa shape index (κ2) is 6.75. The Morgan fingerprint density at radius 1 is 1.11 bits per heavy atom. The molecular formula is C18H14N4O3S2. The van der Waals surface area contributed by atoms with Gasteiger partial charge in [0.05, 0.1) is 10.2 Å². The summed E-state index contributed by atoms with van der Waals surface area (Å²) in [5, 5.41) is 11.9. The molecule has 0 bridgehead atoms. The first kappa shape index (κ1) is 16.4. The lowest BCUT2D eigenvalue weighted by molar-refractivity contribution is 0.0718. The average Bonchev–Trinajstić information content (AvgIpc) is 3.34. The van der Waals surface area contributed by atoms with Gasteiger partial charge in [0, 0.05) is 4.90 Å². The molecule has 7 nitrogen and oxygen atoms in total. The predicted molar refractivity (Wildman–Crippen MR) is 104 cm³/mol. The topological polar surface area (TPSA) is 82.3 Å². The van der Waals surface area contributed by atoms with Gasteiger partial charge >= 0.3 is 6.01 Å². The quantitative estimate of drug-likeness (QED) is 0.497. The number of hydrogen-bond acceptors (Lipinski definition) is 9. The summed E-state index contributed by atoms with van der Waals surface area (Å²) < 4.78 is 18.4. The molecule has 27 heavy (non-hydrogen) atoms. The van der Waals surface area contributed by atoms with Crippen molar-refractivity contribution in [2.45, 2.75) is 11.0 Å². The van der Waals surface area contributed by atoms with Crippen LogP contribution in [0, 0.1) is 0 Å². The number of aromatic nitrogens is 3. The maximum Gasteiger partial charge on any atom is 0.322 e. The second-order valence-electron chi connectivity index (χ2n) is 5.76. The van der Waals surface area contributed by atoms with Gasteiger partial charge in [0.1, 0.15) is 6.61 Å². The highest BCUT2D eigenvalue weighted by Crippen LogP contribution is 2.36. The van der Waals surface area contributed by atoms with Crippen molar-refractivity contribution in [1.29, 1.82) is 0 Å². The molecule has 0 spiro atoms. The Hall–Kier alpha value is -2.78. The Morgan fingerprint density at radius 3 is 2.89 bits per heavy atom. The van der Waals surface area contributed by atoms with E-state index in [1.54, 1.807) is 11.8 Å². The van der Waals surface area contributed by atoms with E-state index in [1.165, 1.54) is 11.3 Å². The summed E-state index contributed by atoms with van der Waals surface area (Å²) in [5.74, 6) is 1.74. The van der Waals surface area contributed by atoms with Crippen LogP contribution in [0.15, 0.2) is 51.8 Å². The number of nitrogens with one attached hydrogen (secondary N) is 1. The van der Waals surface area contributed by atoms with Gasteiger partial charge in [-0.15, -0.1) is 16.9 Å². The summed E-state index contributed by atoms with van der Waals surface area (Å²) in [4.78, 5) is 5.77. The third kappa shape index (κ3) is 3.08. The fraction of sp³-hybridized carbons (Fsp3) is 0.167. The van der Waals surface area contributed by atoms with Gasteiger partial charge in [0.15, 0.2) is 16.6 Å². The number of para-hydroxylation sites is 3. The van der Waals surface area contributed by atoms with Crippen molar-refractivity contribution in [1.82, 2.24) is 15.2 Å². The average molecular weight is 398 g/mol. The molecule has 0 saturated heterocycles.